The summed E-state index contributed by atoms with van der Waals surface area (Å²) >= 11 is 0. The molecule has 0 bridgehead atoms. The van der Waals surface area contributed by atoms with E-state index in [0.717, 1.165) is 35.8 Å². The maximum atomic E-state index is 3.87. The molecule has 3 fully saturated rings. The molecule has 1 saturated heterocycles. The lowest BCUT2D eigenvalue weighted by Gasteiger charge is -2.48. The summed E-state index contributed by atoms with van der Waals surface area (Å²) in [5, 5.41) is 3.87. The lowest BCUT2D eigenvalue weighted by Crippen LogP contribution is -2.56. The van der Waals surface area contributed by atoms with Gasteiger partial charge in [0.15, 0.2) is 0 Å². The van der Waals surface area contributed by atoms with E-state index in [4.69, 9.17) is 0 Å². The Balaban J connectivity index is 1.54. The molecule has 0 amide bonds. The molecule has 1 N–H and O–H groups in total. The molecule has 2 atom stereocenters. The highest BCUT2D eigenvalue weighted by Gasteiger charge is 2.37. The molecule has 0 spiro atoms. The molecule has 1 heterocycles. The van der Waals surface area contributed by atoms with Crippen LogP contribution in [0, 0.1) is 23.7 Å². The molecule has 0 aromatic rings. The van der Waals surface area contributed by atoms with Gasteiger partial charge in [-0.3, -0.25) is 4.90 Å². The van der Waals surface area contributed by atoms with E-state index in [1.165, 1.54) is 51.7 Å². The standard InChI is InChI=1S/C17H32N2/c1-12(2)15-8-16(18-9-14-4-5-14)11-19(10-15)17-6-13(3)7-17/h12-18H,4-11H2,1-3H3. The van der Waals surface area contributed by atoms with E-state index in [1.54, 1.807) is 0 Å². The molecule has 1 aliphatic heterocycles. The average molecular weight is 264 g/mol. The molecule has 0 aromatic carbocycles. The van der Waals surface area contributed by atoms with Gasteiger partial charge >= 0.3 is 0 Å². The maximum Gasteiger partial charge on any atom is 0.0198 e. The maximum absolute atomic E-state index is 3.87. The van der Waals surface area contributed by atoms with Crippen molar-refractivity contribution in [1.82, 2.24) is 10.2 Å². The molecule has 0 aromatic heterocycles. The second kappa shape index (κ2) is 5.73. The summed E-state index contributed by atoms with van der Waals surface area (Å²) in [7, 11) is 0. The molecule has 19 heavy (non-hydrogen) atoms. The Labute approximate surface area is 119 Å². The van der Waals surface area contributed by atoms with Gasteiger partial charge in [0.2, 0.25) is 0 Å². The van der Waals surface area contributed by atoms with Crippen LogP contribution in [-0.4, -0.2) is 36.6 Å². The number of likely N-dealkylation sites (tertiary alicyclic amines) is 1. The predicted octanol–water partition coefficient (Wildman–Crippen LogP) is 3.13. The lowest BCUT2D eigenvalue weighted by atomic mass is 9.77. The van der Waals surface area contributed by atoms with Crippen LogP contribution in [0.2, 0.25) is 0 Å². The van der Waals surface area contributed by atoms with Crippen LogP contribution in [0.1, 0.15) is 52.9 Å². The minimum atomic E-state index is 0.762. The summed E-state index contributed by atoms with van der Waals surface area (Å²) in [6, 6.07) is 1.67. The third-order valence-corrected chi connectivity index (χ3v) is 5.71. The van der Waals surface area contributed by atoms with Crippen LogP contribution in [0.5, 0.6) is 0 Å². The Morgan fingerprint density at radius 3 is 2.42 bits per heavy atom. The largest absolute Gasteiger partial charge is 0.312 e. The summed E-state index contributed by atoms with van der Waals surface area (Å²) < 4.78 is 0. The van der Waals surface area contributed by atoms with E-state index >= 15 is 0 Å². The van der Waals surface area contributed by atoms with E-state index in [-0.39, 0.29) is 0 Å². The van der Waals surface area contributed by atoms with Gasteiger partial charge in [0, 0.05) is 25.2 Å². The van der Waals surface area contributed by atoms with Gasteiger partial charge in [-0.1, -0.05) is 20.8 Å². The summed E-state index contributed by atoms with van der Waals surface area (Å²) in [5.74, 6) is 3.73. The van der Waals surface area contributed by atoms with Gasteiger partial charge in [-0.15, -0.1) is 0 Å². The summed E-state index contributed by atoms with van der Waals surface area (Å²) in [5.41, 5.74) is 0. The molecule has 2 aliphatic carbocycles. The highest BCUT2D eigenvalue weighted by Crippen LogP contribution is 2.35. The molecular weight excluding hydrogens is 232 g/mol. The van der Waals surface area contributed by atoms with E-state index in [9.17, 15) is 0 Å². The van der Waals surface area contributed by atoms with Crippen LogP contribution >= 0.6 is 0 Å². The zero-order valence-electron chi connectivity index (χ0n) is 13.1. The van der Waals surface area contributed by atoms with Crippen molar-refractivity contribution in [1.29, 1.82) is 0 Å². The van der Waals surface area contributed by atoms with Crippen molar-refractivity contribution in [3.05, 3.63) is 0 Å². The minimum Gasteiger partial charge on any atom is -0.312 e. The van der Waals surface area contributed by atoms with E-state index < -0.39 is 0 Å². The SMILES string of the molecule is CC1CC(N2CC(NCC3CC3)CC(C(C)C)C2)C1. The second-order valence-corrected chi connectivity index (χ2v) is 7.97. The Hall–Kier alpha value is -0.0800. The fourth-order valence-electron chi connectivity index (χ4n) is 3.92. The summed E-state index contributed by atoms with van der Waals surface area (Å²) in [6.07, 6.45) is 7.23. The van der Waals surface area contributed by atoms with Crippen molar-refractivity contribution in [2.75, 3.05) is 19.6 Å². The first kappa shape index (κ1) is 13.9. The fraction of sp³-hybridized carbons (Fsp3) is 1.00. The van der Waals surface area contributed by atoms with Crippen LogP contribution in [-0.2, 0) is 0 Å². The molecule has 3 aliphatic rings. The number of hydrogen-bond donors (Lipinski definition) is 1. The fourth-order valence-corrected chi connectivity index (χ4v) is 3.92. The molecule has 2 saturated carbocycles. The Morgan fingerprint density at radius 1 is 1.11 bits per heavy atom. The topological polar surface area (TPSA) is 15.3 Å². The average Bonchev–Trinajstić information content (AvgIpc) is 3.16. The van der Waals surface area contributed by atoms with Crippen molar-refractivity contribution in [2.24, 2.45) is 23.7 Å². The number of hydrogen-bond acceptors (Lipinski definition) is 2. The summed E-state index contributed by atoms with van der Waals surface area (Å²) in [4.78, 5) is 2.82. The van der Waals surface area contributed by atoms with Gasteiger partial charge in [-0.25, -0.2) is 0 Å². The highest BCUT2D eigenvalue weighted by atomic mass is 15.2. The molecule has 2 unspecified atom stereocenters. The predicted molar refractivity (Wildman–Crippen MR) is 81.2 cm³/mol. The number of nitrogens with zero attached hydrogens (tertiary/aromatic N) is 1. The van der Waals surface area contributed by atoms with Crippen molar-refractivity contribution in [3.63, 3.8) is 0 Å². The van der Waals surface area contributed by atoms with Crippen LogP contribution in [0.3, 0.4) is 0 Å². The molecule has 0 radical (unpaired) electrons. The van der Waals surface area contributed by atoms with Gasteiger partial charge in [0.1, 0.15) is 0 Å². The van der Waals surface area contributed by atoms with Crippen molar-refractivity contribution >= 4 is 0 Å². The van der Waals surface area contributed by atoms with Crippen LogP contribution in [0.25, 0.3) is 0 Å². The summed E-state index contributed by atoms with van der Waals surface area (Å²) in [6.45, 7) is 11.2. The smallest absolute Gasteiger partial charge is 0.0198 e. The van der Waals surface area contributed by atoms with Gasteiger partial charge in [0.05, 0.1) is 0 Å². The van der Waals surface area contributed by atoms with Gasteiger partial charge in [-0.05, 0) is 62.3 Å². The number of nitrogens with one attached hydrogen (secondary N) is 1. The molecule has 2 nitrogen and oxygen atoms in total. The van der Waals surface area contributed by atoms with Gasteiger partial charge in [0.25, 0.3) is 0 Å². The van der Waals surface area contributed by atoms with Crippen LogP contribution < -0.4 is 5.32 Å². The normalized spacial score (nSPS) is 40.4. The van der Waals surface area contributed by atoms with Gasteiger partial charge < -0.3 is 5.32 Å². The minimum absolute atomic E-state index is 0.762. The molecular formula is C17H32N2. The monoisotopic (exact) mass is 264 g/mol. The lowest BCUT2D eigenvalue weighted by molar-refractivity contribution is 0.0232. The first-order chi connectivity index (χ1) is 9.11. The van der Waals surface area contributed by atoms with Gasteiger partial charge in [-0.2, -0.15) is 0 Å². The number of piperidine rings is 1. The van der Waals surface area contributed by atoms with Crippen LogP contribution in [0.15, 0.2) is 0 Å². The highest BCUT2D eigenvalue weighted by molar-refractivity contribution is 4.93. The van der Waals surface area contributed by atoms with E-state index in [1.807, 2.05) is 0 Å². The first-order valence-corrected chi connectivity index (χ1v) is 8.59. The first-order valence-electron chi connectivity index (χ1n) is 8.59. The van der Waals surface area contributed by atoms with E-state index in [0.29, 0.717) is 0 Å². The third-order valence-electron chi connectivity index (χ3n) is 5.71. The Kier molecular flexibility index (Phi) is 4.19. The molecule has 3 rings (SSSR count). The van der Waals surface area contributed by atoms with E-state index in [2.05, 4.69) is 31.0 Å². The zero-order valence-corrected chi connectivity index (χ0v) is 13.1. The molecule has 2 heteroatoms. The Bertz CT molecular complexity index is 292. The number of rotatable bonds is 5. The zero-order chi connectivity index (χ0) is 13.4. The van der Waals surface area contributed by atoms with Crippen LogP contribution in [0.4, 0.5) is 0 Å². The molecule has 110 valence electrons. The Morgan fingerprint density at radius 2 is 1.84 bits per heavy atom. The third kappa shape index (κ3) is 3.52. The van der Waals surface area contributed by atoms with Crippen molar-refractivity contribution in [3.8, 4) is 0 Å². The van der Waals surface area contributed by atoms with Crippen molar-refractivity contribution < 1.29 is 0 Å². The van der Waals surface area contributed by atoms with Crippen molar-refractivity contribution in [2.45, 2.75) is 65.0 Å². The quantitative estimate of drug-likeness (QED) is 0.821. The second-order valence-electron chi connectivity index (χ2n) is 7.97.